The molecule has 0 saturated heterocycles. The Balaban J connectivity index is 2.06. The quantitative estimate of drug-likeness (QED) is 0.147. The molecule has 0 aliphatic rings. The number of hydrogen-bond acceptors (Lipinski definition) is 5. The van der Waals surface area contributed by atoms with Gasteiger partial charge >= 0.3 is 0 Å². The minimum atomic E-state index is -0.0849. The number of hydrazine groups is 1. The summed E-state index contributed by atoms with van der Waals surface area (Å²) in [5.41, 5.74) is 10.1. The highest BCUT2D eigenvalue weighted by Gasteiger charge is 2.08. The van der Waals surface area contributed by atoms with Gasteiger partial charge in [-0.2, -0.15) is 0 Å². The van der Waals surface area contributed by atoms with Crippen LogP contribution in [-0.2, 0) is 6.42 Å². The topological polar surface area (TPSA) is 99.9 Å². The first kappa shape index (κ1) is 21.7. The average molecular weight is 384 g/mol. The molecule has 0 fully saturated rings. The van der Waals surface area contributed by atoms with Gasteiger partial charge in [0.2, 0.25) is 0 Å². The third kappa shape index (κ3) is 7.21. The SMILES string of the molecule is CCCCCCCc1cccc(Nc2ccccc2/C(N)=N/N(N)CCO)c1. The second kappa shape index (κ2) is 12.0. The predicted octanol–water partition coefficient (Wildman–Crippen LogP) is 3.73. The van der Waals surface area contributed by atoms with E-state index in [0.717, 1.165) is 28.5 Å². The molecule has 0 aromatic heterocycles. The summed E-state index contributed by atoms with van der Waals surface area (Å²) in [6, 6.07) is 16.2. The van der Waals surface area contributed by atoms with E-state index in [1.165, 1.54) is 37.7 Å². The number of hydrazone groups is 1. The molecule has 2 aromatic carbocycles. The molecule has 6 heteroatoms. The first-order chi connectivity index (χ1) is 13.6. The van der Waals surface area contributed by atoms with Gasteiger partial charge in [-0.25, -0.2) is 11.0 Å². The molecule has 28 heavy (non-hydrogen) atoms. The number of nitrogens with one attached hydrogen (secondary N) is 1. The average Bonchev–Trinajstić information content (AvgIpc) is 2.68. The maximum absolute atomic E-state index is 8.96. The lowest BCUT2D eigenvalue weighted by molar-refractivity contribution is 0.204. The highest BCUT2D eigenvalue weighted by atomic mass is 16.3. The molecular formula is C22H33N5O. The Labute approximate surface area is 168 Å². The number of rotatable bonds is 12. The molecule has 0 radical (unpaired) electrons. The van der Waals surface area contributed by atoms with Crippen molar-refractivity contribution >= 4 is 17.2 Å². The largest absolute Gasteiger partial charge is 0.394 e. The van der Waals surface area contributed by atoms with Crippen LogP contribution in [0.4, 0.5) is 11.4 Å². The van der Waals surface area contributed by atoms with E-state index in [4.69, 9.17) is 16.7 Å². The molecular weight excluding hydrogens is 350 g/mol. The van der Waals surface area contributed by atoms with Gasteiger partial charge in [0, 0.05) is 16.9 Å². The fourth-order valence-electron chi connectivity index (χ4n) is 3.05. The molecule has 0 amide bonds. The van der Waals surface area contributed by atoms with Crippen molar-refractivity contribution in [3.8, 4) is 0 Å². The van der Waals surface area contributed by atoms with Crippen molar-refractivity contribution in [2.45, 2.75) is 45.4 Å². The summed E-state index contributed by atoms with van der Waals surface area (Å²) in [5, 5.41) is 17.7. The molecule has 2 aromatic rings. The van der Waals surface area contributed by atoms with Gasteiger partial charge in [-0.3, -0.25) is 0 Å². The number of unbranched alkanes of at least 4 members (excludes halogenated alkanes) is 4. The van der Waals surface area contributed by atoms with E-state index in [2.05, 4.69) is 35.5 Å². The van der Waals surface area contributed by atoms with Crippen molar-refractivity contribution in [1.82, 2.24) is 5.12 Å². The maximum Gasteiger partial charge on any atom is 0.154 e. The Morgan fingerprint density at radius 2 is 1.86 bits per heavy atom. The zero-order chi connectivity index (χ0) is 20.2. The number of hydrogen-bond donors (Lipinski definition) is 4. The molecule has 6 nitrogen and oxygen atoms in total. The van der Waals surface area contributed by atoms with Crippen LogP contribution in [0.1, 0.15) is 50.2 Å². The van der Waals surface area contributed by atoms with Crippen LogP contribution in [0, 0.1) is 0 Å². The number of aliphatic hydroxyl groups is 1. The molecule has 0 heterocycles. The van der Waals surface area contributed by atoms with Crippen molar-refractivity contribution < 1.29 is 5.11 Å². The van der Waals surface area contributed by atoms with Crippen LogP contribution < -0.4 is 16.9 Å². The van der Waals surface area contributed by atoms with E-state index >= 15 is 0 Å². The summed E-state index contributed by atoms with van der Waals surface area (Å²) in [5.74, 6) is 6.00. The highest BCUT2D eigenvalue weighted by Crippen LogP contribution is 2.22. The van der Waals surface area contributed by atoms with Crippen molar-refractivity contribution in [3.63, 3.8) is 0 Å². The van der Waals surface area contributed by atoms with E-state index in [1.807, 2.05) is 30.3 Å². The van der Waals surface area contributed by atoms with Crippen LogP contribution in [0.5, 0.6) is 0 Å². The first-order valence-corrected chi connectivity index (χ1v) is 10.1. The number of aliphatic hydroxyl groups excluding tert-OH is 1. The minimum Gasteiger partial charge on any atom is -0.394 e. The molecule has 0 aliphatic heterocycles. The molecule has 0 unspecified atom stereocenters. The van der Waals surface area contributed by atoms with Crippen molar-refractivity contribution in [1.29, 1.82) is 0 Å². The Kier molecular flexibility index (Phi) is 9.31. The summed E-state index contributed by atoms with van der Waals surface area (Å²) in [6.45, 7) is 2.37. The summed E-state index contributed by atoms with van der Waals surface area (Å²) in [7, 11) is 0. The summed E-state index contributed by atoms with van der Waals surface area (Å²) in [6.07, 6.45) is 7.50. The fraction of sp³-hybridized carbons (Fsp3) is 0.409. The van der Waals surface area contributed by atoms with Crippen LogP contribution in [0.25, 0.3) is 0 Å². The first-order valence-electron chi connectivity index (χ1n) is 10.1. The van der Waals surface area contributed by atoms with Gasteiger partial charge in [0.25, 0.3) is 0 Å². The lowest BCUT2D eigenvalue weighted by atomic mass is 10.0. The van der Waals surface area contributed by atoms with E-state index in [0.29, 0.717) is 5.84 Å². The van der Waals surface area contributed by atoms with E-state index in [-0.39, 0.29) is 13.2 Å². The molecule has 0 spiro atoms. The van der Waals surface area contributed by atoms with E-state index in [1.54, 1.807) is 0 Å². The fourth-order valence-corrected chi connectivity index (χ4v) is 3.05. The summed E-state index contributed by atoms with van der Waals surface area (Å²) < 4.78 is 0. The number of anilines is 2. The normalized spacial score (nSPS) is 11.5. The number of para-hydroxylation sites is 1. The Hall–Kier alpha value is -2.57. The summed E-state index contributed by atoms with van der Waals surface area (Å²) in [4.78, 5) is 0. The molecule has 2 rings (SSSR count). The molecule has 0 aliphatic carbocycles. The number of nitrogens with zero attached hydrogens (tertiary/aromatic N) is 2. The number of amidine groups is 1. The highest BCUT2D eigenvalue weighted by molar-refractivity contribution is 6.02. The molecule has 0 bridgehead atoms. The Morgan fingerprint density at radius 3 is 2.64 bits per heavy atom. The Morgan fingerprint density at radius 1 is 1.07 bits per heavy atom. The zero-order valence-electron chi connectivity index (χ0n) is 16.8. The maximum atomic E-state index is 8.96. The smallest absolute Gasteiger partial charge is 0.154 e. The summed E-state index contributed by atoms with van der Waals surface area (Å²) >= 11 is 0. The van der Waals surface area contributed by atoms with Gasteiger partial charge in [0.15, 0.2) is 5.84 Å². The molecule has 152 valence electrons. The predicted molar refractivity (Wildman–Crippen MR) is 117 cm³/mol. The Bertz CT molecular complexity index is 747. The van der Waals surface area contributed by atoms with Crippen LogP contribution in [0.2, 0.25) is 0 Å². The number of aryl methyl sites for hydroxylation is 1. The van der Waals surface area contributed by atoms with Gasteiger partial charge in [-0.1, -0.05) is 56.9 Å². The third-order valence-electron chi connectivity index (χ3n) is 4.54. The lowest BCUT2D eigenvalue weighted by Gasteiger charge is -2.15. The number of nitrogens with two attached hydrogens (primary N) is 2. The van der Waals surface area contributed by atoms with Gasteiger partial charge in [0.05, 0.1) is 13.2 Å². The van der Waals surface area contributed by atoms with Crippen LogP contribution in [-0.4, -0.2) is 29.2 Å². The van der Waals surface area contributed by atoms with Gasteiger partial charge in [-0.15, -0.1) is 5.10 Å². The second-order valence-corrected chi connectivity index (χ2v) is 6.91. The van der Waals surface area contributed by atoms with Crippen molar-refractivity contribution in [2.75, 3.05) is 18.5 Å². The van der Waals surface area contributed by atoms with Gasteiger partial charge in [0.1, 0.15) is 0 Å². The molecule has 0 atom stereocenters. The lowest BCUT2D eigenvalue weighted by Crippen LogP contribution is -2.32. The van der Waals surface area contributed by atoms with Crippen molar-refractivity contribution in [3.05, 3.63) is 59.7 Å². The zero-order valence-corrected chi connectivity index (χ0v) is 16.8. The second-order valence-electron chi connectivity index (χ2n) is 6.91. The van der Waals surface area contributed by atoms with Crippen molar-refractivity contribution in [2.24, 2.45) is 16.7 Å². The van der Waals surface area contributed by atoms with Gasteiger partial charge in [-0.05, 0) is 42.7 Å². The third-order valence-corrected chi connectivity index (χ3v) is 4.54. The molecule has 6 N–H and O–H groups in total. The van der Waals surface area contributed by atoms with Gasteiger partial charge < -0.3 is 16.2 Å². The van der Waals surface area contributed by atoms with Crippen LogP contribution >= 0.6 is 0 Å². The van der Waals surface area contributed by atoms with Crippen LogP contribution in [0.3, 0.4) is 0 Å². The monoisotopic (exact) mass is 383 g/mol. The van der Waals surface area contributed by atoms with E-state index in [9.17, 15) is 0 Å². The standard InChI is InChI=1S/C22H33N5O/c1-2-3-4-5-6-10-18-11-9-12-19(17-18)25-21-14-8-7-13-20(21)22(23)26-27(24)15-16-28/h7-9,11-14,17,25,28H,2-6,10,15-16,24H2,1H3,(H2,23,26). The minimum absolute atomic E-state index is 0.0849. The van der Waals surface area contributed by atoms with Crippen LogP contribution in [0.15, 0.2) is 53.6 Å². The molecule has 0 saturated carbocycles. The number of benzene rings is 2. The van der Waals surface area contributed by atoms with E-state index < -0.39 is 0 Å².